The zero-order chi connectivity index (χ0) is 17.1. The smallest absolute Gasteiger partial charge is 0.197 e. The van der Waals surface area contributed by atoms with Crippen LogP contribution in [0.5, 0.6) is 5.75 Å². The summed E-state index contributed by atoms with van der Waals surface area (Å²) in [6.07, 6.45) is 0. The molecule has 0 aliphatic carbocycles. The summed E-state index contributed by atoms with van der Waals surface area (Å²) in [5.74, 6) is 2.76. The second-order valence-corrected chi connectivity index (χ2v) is 6.41. The molecule has 24 heavy (non-hydrogen) atoms. The molecule has 0 radical (unpaired) electrons. The Kier molecular flexibility index (Phi) is 4.92. The number of H-pyrrole nitrogens is 1. The van der Waals surface area contributed by atoms with Gasteiger partial charge in [0.25, 0.3) is 0 Å². The fraction of sp³-hybridized carbons (Fsp3) is 0.188. The third-order valence-corrected chi connectivity index (χ3v) is 4.34. The Morgan fingerprint density at radius 2 is 2.08 bits per heavy atom. The van der Waals surface area contributed by atoms with Crippen LogP contribution >= 0.6 is 23.4 Å². The first-order chi connectivity index (χ1) is 11.5. The van der Waals surface area contributed by atoms with Crippen molar-refractivity contribution in [1.29, 1.82) is 0 Å². The molecule has 0 spiro atoms. The standard InChI is InChI=1S/C16H14ClN3O3S/c1-9(21)8-24-16-18-15(19-20-16)14-4-3-13(23-14)10-5-11(17)7-12(6-10)22-2/h3-7H,8H2,1-2H3,(H,18,19,20). The third-order valence-electron chi connectivity index (χ3n) is 3.11. The van der Waals surface area contributed by atoms with Crippen molar-refractivity contribution in [3.63, 3.8) is 0 Å². The number of benzene rings is 1. The first-order valence-corrected chi connectivity index (χ1v) is 8.41. The molecular weight excluding hydrogens is 350 g/mol. The van der Waals surface area contributed by atoms with E-state index in [4.69, 9.17) is 20.8 Å². The van der Waals surface area contributed by atoms with Gasteiger partial charge in [-0.3, -0.25) is 4.79 Å². The zero-order valence-corrected chi connectivity index (χ0v) is 14.6. The number of aromatic nitrogens is 3. The number of furan rings is 1. The van der Waals surface area contributed by atoms with Gasteiger partial charge < -0.3 is 14.1 Å². The predicted octanol–water partition coefficient (Wildman–Crippen LogP) is 4.07. The van der Waals surface area contributed by atoms with Crippen LogP contribution in [0.1, 0.15) is 6.92 Å². The zero-order valence-electron chi connectivity index (χ0n) is 13.0. The van der Waals surface area contributed by atoms with Crippen molar-refractivity contribution in [2.45, 2.75) is 12.1 Å². The first kappa shape index (κ1) is 16.6. The van der Waals surface area contributed by atoms with Crippen molar-refractivity contribution in [1.82, 2.24) is 15.2 Å². The van der Waals surface area contributed by atoms with Gasteiger partial charge in [0.05, 0.1) is 12.9 Å². The number of ether oxygens (including phenoxy) is 1. The Balaban J connectivity index is 1.83. The summed E-state index contributed by atoms with van der Waals surface area (Å²) in [6, 6.07) is 8.97. The van der Waals surface area contributed by atoms with Gasteiger partial charge in [-0.25, -0.2) is 0 Å². The Hall–Kier alpha value is -2.25. The maximum Gasteiger partial charge on any atom is 0.197 e. The van der Waals surface area contributed by atoms with Crippen molar-refractivity contribution in [2.24, 2.45) is 0 Å². The van der Waals surface area contributed by atoms with Crippen molar-refractivity contribution >= 4 is 29.1 Å². The second kappa shape index (κ2) is 7.11. The van der Waals surface area contributed by atoms with Crippen molar-refractivity contribution in [3.8, 4) is 28.7 Å². The van der Waals surface area contributed by atoms with Gasteiger partial charge in [-0.1, -0.05) is 23.4 Å². The fourth-order valence-electron chi connectivity index (χ4n) is 2.04. The second-order valence-electron chi connectivity index (χ2n) is 5.01. The Labute approximate surface area is 147 Å². The summed E-state index contributed by atoms with van der Waals surface area (Å²) in [4.78, 5) is 14.0. The van der Waals surface area contributed by atoms with Crippen molar-refractivity contribution in [3.05, 3.63) is 35.4 Å². The van der Waals surface area contributed by atoms with Gasteiger partial charge in [-0.2, -0.15) is 0 Å². The molecule has 0 saturated carbocycles. The molecule has 3 aromatic rings. The van der Waals surface area contributed by atoms with Crippen LogP contribution in [-0.2, 0) is 4.79 Å². The molecule has 0 amide bonds. The molecule has 0 aliphatic heterocycles. The number of halogens is 1. The molecule has 2 heterocycles. The predicted molar refractivity (Wildman–Crippen MR) is 92.5 cm³/mol. The van der Waals surface area contributed by atoms with E-state index in [0.29, 0.717) is 39.0 Å². The maximum absolute atomic E-state index is 11.0. The summed E-state index contributed by atoms with van der Waals surface area (Å²) in [5, 5.41) is 9.16. The van der Waals surface area contributed by atoms with Gasteiger partial charge in [0, 0.05) is 10.6 Å². The SMILES string of the molecule is COc1cc(Cl)cc(-c2ccc(-c3nnc(SCC(C)=O)[nH]3)o2)c1. The Morgan fingerprint density at radius 1 is 1.29 bits per heavy atom. The molecule has 1 aromatic carbocycles. The molecule has 2 aromatic heterocycles. The maximum atomic E-state index is 11.0. The summed E-state index contributed by atoms with van der Waals surface area (Å²) < 4.78 is 11.0. The number of rotatable bonds is 6. The van der Waals surface area contributed by atoms with E-state index in [0.717, 1.165) is 5.56 Å². The van der Waals surface area contributed by atoms with Crippen LogP contribution in [-0.4, -0.2) is 33.8 Å². The minimum Gasteiger partial charge on any atom is -0.497 e. The molecule has 124 valence electrons. The molecule has 6 nitrogen and oxygen atoms in total. The summed E-state index contributed by atoms with van der Waals surface area (Å²) in [7, 11) is 1.58. The fourth-order valence-corrected chi connectivity index (χ4v) is 2.87. The van der Waals surface area contributed by atoms with Crippen LogP contribution in [0.25, 0.3) is 22.9 Å². The normalized spacial score (nSPS) is 10.8. The molecule has 0 atom stereocenters. The van der Waals surface area contributed by atoms with Gasteiger partial charge in [0.1, 0.15) is 17.3 Å². The number of aromatic amines is 1. The number of thioether (sulfide) groups is 1. The number of nitrogens with one attached hydrogen (secondary N) is 1. The van der Waals surface area contributed by atoms with Gasteiger partial charge in [0.2, 0.25) is 0 Å². The van der Waals surface area contributed by atoms with Crippen LogP contribution in [0.3, 0.4) is 0 Å². The number of methoxy groups -OCH3 is 1. The lowest BCUT2D eigenvalue weighted by Gasteiger charge is -2.03. The number of Topliss-reactive ketones (excluding diaryl/α,β-unsaturated/α-hetero) is 1. The van der Waals surface area contributed by atoms with Gasteiger partial charge in [-0.15, -0.1) is 10.2 Å². The highest BCUT2D eigenvalue weighted by Gasteiger charge is 2.13. The molecule has 0 fully saturated rings. The van der Waals surface area contributed by atoms with E-state index in [1.807, 2.05) is 12.1 Å². The van der Waals surface area contributed by atoms with Gasteiger partial charge in [0.15, 0.2) is 16.7 Å². The number of nitrogens with zero attached hydrogens (tertiary/aromatic N) is 2. The minimum atomic E-state index is 0.0770. The average molecular weight is 364 g/mol. The number of ketones is 1. The highest BCUT2D eigenvalue weighted by molar-refractivity contribution is 7.99. The van der Waals surface area contributed by atoms with E-state index < -0.39 is 0 Å². The van der Waals surface area contributed by atoms with E-state index in [9.17, 15) is 4.79 Å². The molecule has 0 saturated heterocycles. The number of hydrogen-bond acceptors (Lipinski definition) is 6. The highest BCUT2D eigenvalue weighted by atomic mass is 35.5. The Bertz CT molecular complexity index is 875. The summed E-state index contributed by atoms with van der Waals surface area (Å²) in [6.45, 7) is 1.53. The Morgan fingerprint density at radius 3 is 2.83 bits per heavy atom. The molecule has 0 unspecified atom stereocenters. The molecule has 3 rings (SSSR count). The van der Waals surface area contributed by atoms with E-state index in [1.54, 1.807) is 25.3 Å². The lowest BCUT2D eigenvalue weighted by molar-refractivity contribution is -0.114. The highest BCUT2D eigenvalue weighted by Crippen LogP contribution is 2.32. The summed E-state index contributed by atoms with van der Waals surface area (Å²) >= 11 is 7.39. The minimum absolute atomic E-state index is 0.0770. The van der Waals surface area contributed by atoms with Crippen LogP contribution < -0.4 is 4.74 Å². The number of carbonyl (C=O) groups is 1. The average Bonchev–Trinajstić information content (AvgIpc) is 3.21. The summed E-state index contributed by atoms with van der Waals surface area (Å²) in [5.41, 5.74) is 0.802. The molecular formula is C16H14ClN3O3S. The molecule has 1 N–H and O–H groups in total. The van der Waals surface area contributed by atoms with Crippen LogP contribution in [0.2, 0.25) is 5.02 Å². The van der Waals surface area contributed by atoms with E-state index in [1.165, 1.54) is 18.7 Å². The van der Waals surface area contributed by atoms with Crippen molar-refractivity contribution < 1.29 is 13.9 Å². The van der Waals surface area contributed by atoms with E-state index in [2.05, 4.69) is 15.2 Å². The quantitative estimate of drug-likeness (QED) is 0.665. The molecule has 0 aliphatic rings. The lowest BCUT2D eigenvalue weighted by atomic mass is 10.1. The molecule has 0 bridgehead atoms. The van der Waals surface area contributed by atoms with Crippen molar-refractivity contribution in [2.75, 3.05) is 12.9 Å². The van der Waals surface area contributed by atoms with Gasteiger partial charge in [-0.05, 0) is 37.3 Å². The largest absolute Gasteiger partial charge is 0.497 e. The molecule has 8 heteroatoms. The topological polar surface area (TPSA) is 81.0 Å². The van der Waals surface area contributed by atoms with Crippen LogP contribution in [0, 0.1) is 0 Å². The number of carbonyl (C=O) groups excluding carboxylic acids is 1. The van der Waals surface area contributed by atoms with Gasteiger partial charge >= 0.3 is 0 Å². The van der Waals surface area contributed by atoms with E-state index >= 15 is 0 Å². The van der Waals surface area contributed by atoms with Crippen LogP contribution in [0.4, 0.5) is 0 Å². The third kappa shape index (κ3) is 3.80. The monoisotopic (exact) mass is 363 g/mol. The van der Waals surface area contributed by atoms with Crippen LogP contribution in [0.15, 0.2) is 39.9 Å². The first-order valence-electron chi connectivity index (χ1n) is 7.05. The number of hydrogen-bond donors (Lipinski definition) is 1. The van der Waals surface area contributed by atoms with E-state index in [-0.39, 0.29) is 5.78 Å². The lowest BCUT2D eigenvalue weighted by Crippen LogP contribution is -1.93.